The molecule has 7 aliphatic rings. The summed E-state index contributed by atoms with van der Waals surface area (Å²) in [6.07, 6.45) is 7.64. The van der Waals surface area contributed by atoms with Gasteiger partial charge < -0.3 is 19.7 Å². The number of hydrogen-bond acceptors (Lipinski definition) is 5. The number of rotatable bonds is 4. The van der Waals surface area contributed by atoms with Gasteiger partial charge >= 0.3 is 0 Å². The molecule has 0 radical (unpaired) electrons. The first kappa shape index (κ1) is 21.9. The maximum absolute atomic E-state index is 12.2. The predicted octanol–water partition coefficient (Wildman–Crippen LogP) is 4.41. The molecule has 2 aliphatic heterocycles. The van der Waals surface area contributed by atoms with E-state index in [1.54, 1.807) is 0 Å². The lowest BCUT2D eigenvalue weighted by molar-refractivity contribution is -0.312. The van der Waals surface area contributed by atoms with Crippen LogP contribution in [-0.4, -0.2) is 58.7 Å². The molecule has 5 fully saturated rings. The van der Waals surface area contributed by atoms with Crippen molar-refractivity contribution in [3.63, 3.8) is 0 Å². The molecular formula is C29H41NO4. The number of ether oxygens (including phenoxy) is 2. The largest absolute Gasteiger partial charge is 0.504 e. The third-order valence-corrected chi connectivity index (χ3v) is 11.9. The van der Waals surface area contributed by atoms with E-state index in [4.69, 9.17) is 9.47 Å². The molecule has 0 amide bonds. The number of methoxy groups -OCH3 is 1. The van der Waals surface area contributed by atoms with Gasteiger partial charge in [-0.25, -0.2) is 0 Å². The van der Waals surface area contributed by atoms with Crippen LogP contribution in [0.1, 0.15) is 77.3 Å². The number of phenolic OH excluding ortho intramolecular Hbond substituents is 1. The number of aromatic hydroxyl groups is 1. The molecule has 2 spiro atoms. The summed E-state index contributed by atoms with van der Waals surface area (Å²) >= 11 is 0. The number of fused-ring (bicyclic) bond motifs is 2. The molecule has 1 aromatic carbocycles. The van der Waals surface area contributed by atoms with Gasteiger partial charge in [-0.3, -0.25) is 4.90 Å². The van der Waals surface area contributed by atoms with Crippen molar-refractivity contribution < 1.29 is 19.7 Å². The summed E-state index contributed by atoms with van der Waals surface area (Å²) in [7, 11) is 1.83. The molecule has 2 N–H and O–H groups in total. The maximum Gasteiger partial charge on any atom is 0.165 e. The fraction of sp³-hybridized carbons (Fsp3) is 0.793. The fourth-order valence-corrected chi connectivity index (χ4v) is 9.58. The van der Waals surface area contributed by atoms with Crippen molar-refractivity contribution >= 4 is 0 Å². The second-order valence-electron chi connectivity index (χ2n) is 13.8. The zero-order chi connectivity index (χ0) is 23.9. The molecule has 2 heterocycles. The van der Waals surface area contributed by atoms with Crippen molar-refractivity contribution in [3.8, 4) is 11.5 Å². The summed E-state index contributed by atoms with van der Waals surface area (Å²) in [6, 6.07) is 4.46. The van der Waals surface area contributed by atoms with Crippen molar-refractivity contribution in [1.29, 1.82) is 0 Å². The lowest BCUT2D eigenvalue weighted by Gasteiger charge is -2.75. The van der Waals surface area contributed by atoms with Crippen molar-refractivity contribution in [3.05, 3.63) is 23.3 Å². The molecule has 4 bridgehead atoms. The average Bonchev–Trinajstić information content (AvgIpc) is 3.53. The standard InChI is InChI=1S/C29H41NO4/c1-25(2,3)26(4,32)20-15-27-10-11-29(20,33-5)24-28(27)12-13-30(16-17-6-7-17)21(27)14-18-8-9-19(31)23(34-24)22(18)28/h8-9,17,20-21,24,31-32H,6-7,10-16H2,1-5H3/t20-,21-,24?,26-,27-,28+,29-/m1/s1. The zero-order valence-electron chi connectivity index (χ0n) is 21.5. The van der Waals surface area contributed by atoms with Crippen molar-refractivity contribution in [2.75, 3.05) is 20.2 Å². The number of likely N-dealkylation sites (tertiary alicyclic amines) is 1. The highest BCUT2D eigenvalue weighted by Gasteiger charge is 2.82. The quantitative estimate of drug-likeness (QED) is 0.687. The van der Waals surface area contributed by atoms with Crippen LogP contribution in [0.3, 0.4) is 0 Å². The molecule has 5 aliphatic carbocycles. The number of phenols is 1. The Balaban J connectivity index is 1.47. The Morgan fingerprint density at radius 1 is 1.15 bits per heavy atom. The van der Waals surface area contributed by atoms with Gasteiger partial charge in [-0.2, -0.15) is 0 Å². The molecule has 4 saturated carbocycles. The van der Waals surface area contributed by atoms with Crippen LogP contribution < -0.4 is 4.74 Å². The van der Waals surface area contributed by atoms with Crippen molar-refractivity contribution in [2.24, 2.45) is 22.7 Å². The third-order valence-electron chi connectivity index (χ3n) is 11.9. The van der Waals surface area contributed by atoms with Gasteiger partial charge in [-0.05, 0) is 81.4 Å². The van der Waals surface area contributed by atoms with Crippen LogP contribution in [0, 0.1) is 22.7 Å². The zero-order valence-corrected chi connectivity index (χ0v) is 21.5. The molecule has 0 aromatic heterocycles. The van der Waals surface area contributed by atoms with E-state index in [0.29, 0.717) is 11.8 Å². The van der Waals surface area contributed by atoms with Crippen LogP contribution >= 0.6 is 0 Å². The Morgan fingerprint density at radius 3 is 2.59 bits per heavy atom. The minimum absolute atomic E-state index is 0.0294. The van der Waals surface area contributed by atoms with Crippen LogP contribution in [0.5, 0.6) is 11.5 Å². The molecule has 1 saturated heterocycles. The molecule has 7 atom stereocenters. The third kappa shape index (κ3) is 2.25. The molecule has 34 heavy (non-hydrogen) atoms. The van der Waals surface area contributed by atoms with Crippen LogP contribution in [0.15, 0.2) is 12.1 Å². The van der Waals surface area contributed by atoms with Gasteiger partial charge in [-0.15, -0.1) is 0 Å². The van der Waals surface area contributed by atoms with Gasteiger partial charge in [-0.1, -0.05) is 26.8 Å². The monoisotopic (exact) mass is 467 g/mol. The van der Waals surface area contributed by atoms with Gasteiger partial charge in [0.2, 0.25) is 0 Å². The van der Waals surface area contributed by atoms with Crippen molar-refractivity contribution in [2.45, 2.75) is 101 Å². The lowest BCUT2D eigenvalue weighted by Crippen LogP contribution is -2.83. The first-order valence-electron chi connectivity index (χ1n) is 13.6. The number of piperidine rings is 1. The summed E-state index contributed by atoms with van der Waals surface area (Å²) in [6.45, 7) is 10.8. The average molecular weight is 468 g/mol. The second-order valence-corrected chi connectivity index (χ2v) is 13.8. The minimum Gasteiger partial charge on any atom is -0.504 e. The van der Waals surface area contributed by atoms with E-state index in [-0.39, 0.29) is 34.0 Å². The Hall–Kier alpha value is -1.30. The number of hydrogen-bond donors (Lipinski definition) is 2. The van der Waals surface area contributed by atoms with E-state index < -0.39 is 11.2 Å². The van der Waals surface area contributed by atoms with Crippen LogP contribution in [0.2, 0.25) is 0 Å². The minimum atomic E-state index is -0.909. The molecule has 5 nitrogen and oxygen atoms in total. The van der Waals surface area contributed by atoms with E-state index in [1.165, 1.54) is 30.5 Å². The Bertz CT molecular complexity index is 1060. The number of nitrogens with zero attached hydrogens (tertiary/aromatic N) is 1. The molecule has 1 aromatic rings. The first-order chi connectivity index (χ1) is 16.0. The highest BCUT2D eigenvalue weighted by atomic mass is 16.6. The van der Waals surface area contributed by atoms with Gasteiger partial charge in [0.25, 0.3) is 0 Å². The van der Waals surface area contributed by atoms with Gasteiger partial charge in [0.1, 0.15) is 11.7 Å². The van der Waals surface area contributed by atoms with Gasteiger partial charge in [0.15, 0.2) is 11.5 Å². The number of aliphatic hydroxyl groups is 1. The van der Waals surface area contributed by atoms with Crippen LogP contribution in [-0.2, 0) is 16.6 Å². The SMILES string of the molecule is CO[C@]12CC[C@@]3(C[C@@H]1[C@@](C)(O)C(C)(C)C)[C@H]1Cc4ccc(O)c5c4[C@@]3(CCN1CC1CC1)C2O5. The fourth-order valence-electron chi connectivity index (χ4n) is 9.58. The number of benzene rings is 1. The van der Waals surface area contributed by atoms with E-state index in [0.717, 1.165) is 44.6 Å². The molecule has 1 unspecified atom stereocenters. The molecule has 5 heteroatoms. The summed E-state index contributed by atoms with van der Waals surface area (Å²) in [5, 5.41) is 23.2. The topological polar surface area (TPSA) is 62.2 Å². The molecule has 186 valence electrons. The van der Waals surface area contributed by atoms with Gasteiger partial charge in [0, 0.05) is 42.0 Å². The molecular weight excluding hydrogens is 426 g/mol. The molecule has 8 rings (SSSR count). The van der Waals surface area contributed by atoms with Crippen LogP contribution in [0.4, 0.5) is 0 Å². The van der Waals surface area contributed by atoms with Crippen molar-refractivity contribution in [1.82, 2.24) is 4.90 Å². The lowest BCUT2D eigenvalue weighted by atomic mass is 9.33. The Labute approximate surface area is 203 Å². The normalized spacial score (nSPS) is 43.9. The van der Waals surface area contributed by atoms with E-state index in [1.807, 2.05) is 20.1 Å². The van der Waals surface area contributed by atoms with E-state index in [9.17, 15) is 10.2 Å². The Kier molecular flexibility index (Phi) is 4.08. The van der Waals surface area contributed by atoms with Gasteiger partial charge in [0.05, 0.1) is 5.60 Å². The predicted molar refractivity (Wildman–Crippen MR) is 130 cm³/mol. The summed E-state index contributed by atoms with van der Waals surface area (Å²) in [5.41, 5.74) is 0.783. The maximum atomic E-state index is 12.2. The highest BCUT2D eigenvalue weighted by Crippen LogP contribution is 2.78. The second kappa shape index (κ2) is 6.33. The van der Waals surface area contributed by atoms with E-state index >= 15 is 0 Å². The first-order valence-corrected chi connectivity index (χ1v) is 13.6. The smallest absolute Gasteiger partial charge is 0.165 e. The Morgan fingerprint density at radius 2 is 1.91 bits per heavy atom. The summed E-state index contributed by atoms with van der Waals surface area (Å²) in [4.78, 5) is 2.82. The summed E-state index contributed by atoms with van der Waals surface area (Å²) in [5.74, 6) is 1.80. The highest BCUT2D eigenvalue weighted by molar-refractivity contribution is 5.63. The summed E-state index contributed by atoms with van der Waals surface area (Å²) < 4.78 is 13.5. The van der Waals surface area contributed by atoms with Crippen LogP contribution in [0.25, 0.3) is 0 Å². The van der Waals surface area contributed by atoms with E-state index in [2.05, 4.69) is 31.7 Å².